The van der Waals surface area contributed by atoms with Crippen molar-refractivity contribution in [1.29, 1.82) is 0 Å². The topological polar surface area (TPSA) is 58.6 Å². The van der Waals surface area contributed by atoms with E-state index in [0.29, 0.717) is 5.56 Å². The molecule has 4 nitrogen and oxygen atoms in total. The van der Waals surface area contributed by atoms with Crippen molar-refractivity contribution in [2.45, 2.75) is 18.0 Å². The van der Waals surface area contributed by atoms with E-state index in [-0.39, 0.29) is 24.8 Å². The summed E-state index contributed by atoms with van der Waals surface area (Å²) in [5, 5.41) is 12.5. The van der Waals surface area contributed by atoms with Crippen LogP contribution in [0.3, 0.4) is 0 Å². The van der Waals surface area contributed by atoms with E-state index in [4.69, 9.17) is 4.74 Å². The predicted octanol–water partition coefficient (Wildman–Crippen LogP) is 3.74. The molecule has 0 aliphatic rings. The Bertz CT molecular complexity index is 733. The lowest BCUT2D eigenvalue weighted by Gasteiger charge is -2.14. The third-order valence-corrected chi connectivity index (χ3v) is 4.27. The molecule has 0 fully saturated rings. The molecule has 146 valence electrons. The van der Waals surface area contributed by atoms with Gasteiger partial charge in [0.05, 0.1) is 5.56 Å². The Balaban J connectivity index is 1.77. The number of ether oxygens (including phenoxy) is 1. The SMILES string of the molecule is CSCc1ccc(C(=O)NCC(O)COc2ccc(C(F)(F)F)cc2)cc1. The Morgan fingerprint density at radius 2 is 1.78 bits per heavy atom. The Morgan fingerprint density at radius 1 is 1.15 bits per heavy atom. The van der Waals surface area contributed by atoms with Crippen LogP contribution in [-0.2, 0) is 11.9 Å². The Hall–Kier alpha value is -2.19. The first-order valence-corrected chi connectivity index (χ1v) is 9.53. The Labute approximate surface area is 159 Å². The van der Waals surface area contributed by atoms with Gasteiger partial charge in [-0.25, -0.2) is 0 Å². The number of carbonyl (C=O) groups is 1. The average Bonchev–Trinajstić information content (AvgIpc) is 2.65. The number of aliphatic hydroxyl groups is 1. The van der Waals surface area contributed by atoms with E-state index >= 15 is 0 Å². The van der Waals surface area contributed by atoms with Crippen LogP contribution in [0.5, 0.6) is 5.75 Å². The maximum atomic E-state index is 12.5. The van der Waals surface area contributed by atoms with Crippen LogP contribution in [0.2, 0.25) is 0 Å². The van der Waals surface area contributed by atoms with Crippen LogP contribution in [0.4, 0.5) is 13.2 Å². The minimum absolute atomic E-state index is 0.0357. The van der Waals surface area contributed by atoms with Gasteiger partial charge in [0, 0.05) is 17.9 Å². The molecule has 0 bridgehead atoms. The van der Waals surface area contributed by atoms with Gasteiger partial charge in [-0.05, 0) is 48.2 Å². The molecule has 0 heterocycles. The molecule has 1 amide bonds. The minimum Gasteiger partial charge on any atom is -0.491 e. The molecule has 0 radical (unpaired) electrons. The number of halogens is 3. The average molecular weight is 399 g/mol. The highest BCUT2D eigenvalue weighted by Gasteiger charge is 2.30. The number of alkyl halides is 3. The predicted molar refractivity (Wildman–Crippen MR) is 98.9 cm³/mol. The maximum Gasteiger partial charge on any atom is 0.416 e. The van der Waals surface area contributed by atoms with Crippen molar-refractivity contribution in [3.63, 3.8) is 0 Å². The quantitative estimate of drug-likeness (QED) is 0.710. The minimum atomic E-state index is -4.41. The fourth-order valence-electron chi connectivity index (χ4n) is 2.22. The van der Waals surface area contributed by atoms with Gasteiger partial charge < -0.3 is 15.2 Å². The molecule has 0 aliphatic heterocycles. The number of carbonyl (C=O) groups excluding carboxylic acids is 1. The molecule has 0 saturated carbocycles. The summed E-state index contributed by atoms with van der Waals surface area (Å²) in [5.41, 5.74) is 0.825. The van der Waals surface area contributed by atoms with Crippen LogP contribution in [-0.4, -0.2) is 36.5 Å². The normalized spacial score (nSPS) is 12.5. The van der Waals surface area contributed by atoms with Gasteiger partial charge >= 0.3 is 6.18 Å². The van der Waals surface area contributed by atoms with Crippen LogP contribution in [0.1, 0.15) is 21.5 Å². The van der Waals surface area contributed by atoms with E-state index in [2.05, 4.69) is 5.32 Å². The summed E-state index contributed by atoms with van der Waals surface area (Å²) in [7, 11) is 0. The van der Waals surface area contributed by atoms with Gasteiger partial charge in [-0.2, -0.15) is 24.9 Å². The second-order valence-corrected chi connectivity index (χ2v) is 6.69. The summed E-state index contributed by atoms with van der Waals surface area (Å²) in [6, 6.07) is 11.4. The van der Waals surface area contributed by atoms with E-state index in [1.165, 1.54) is 12.1 Å². The van der Waals surface area contributed by atoms with Crippen molar-refractivity contribution >= 4 is 17.7 Å². The van der Waals surface area contributed by atoms with E-state index < -0.39 is 17.8 Å². The van der Waals surface area contributed by atoms with E-state index in [0.717, 1.165) is 23.4 Å². The lowest BCUT2D eigenvalue weighted by Crippen LogP contribution is -2.35. The molecule has 2 N–H and O–H groups in total. The summed E-state index contributed by atoms with van der Waals surface area (Å²) in [6.07, 6.45) is -3.41. The zero-order valence-corrected chi connectivity index (χ0v) is 15.4. The van der Waals surface area contributed by atoms with Crippen LogP contribution >= 0.6 is 11.8 Å². The van der Waals surface area contributed by atoms with Gasteiger partial charge in [0.25, 0.3) is 5.91 Å². The molecule has 27 heavy (non-hydrogen) atoms. The van der Waals surface area contributed by atoms with Gasteiger partial charge in [0.2, 0.25) is 0 Å². The highest BCUT2D eigenvalue weighted by Crippen LogP contribution is 2.30. The number of nitrogens with one attached hydrogen (secondary N) is 1. The van der Waals surface area contributed by atoms with E-state index in [9.17, 15) is 23.1 Å². The standard InChI is InChI=1S/C19H20F3NO3S/c1-27-12-13-2-4-14(5-3-13)18(25)23-10-16(24)11-26-17-8-6-15(7-9-17)19(20,21)22/h2-9,16,24H,10-12H2,1H3,(H,23,25). The summed E-state index contributed by atoms with van der Waals surface area (Å²) in [4.78, 5) is 12.0. The van der Waals surface area contributed by atoms with Gasteiger partial charge in [-0.15, -0.1) is 0 Å². The lowest BCUT2D eigenvalue weighted by atomic mass is 10.1. The Kier molecular flexibility index (Phi) is 7.55. The zero-order chi connectivity index (χ0) is 19.9. The van der Waals surface area contributed by atoms with Crippen LogP contribution in [0.25, 0.3) is 0 Å². The smallest absolute Gasteiger partial charge is 0.416 e. The monoisotopic (exact) mass is 399 g/mol. The molecule has 0 spiro atoms. The number of hydrogen-bond donors (Lipinski definition) is 2. The number of aliphatic hydroxyl groups excluding tert-OH is 1. The number of rotatable bonds is 8. The van der Waals surface area contributed by atoms with Crippen LogP contribution < -0.4 is 10.1 Å². The van der Waals surface area contributed by atoms with Crippen molar-refractivity contribution in [1.82, 2.24) is 5.32 Å². The third-order valence-electron chi connectivity index (χ3n) is 3.65. The van der Waals surface area contributed by atoms with Gasteiger partial charge in [-0.1, -0.05) is 12.1 Å². The van der Waals surface area contributed by atoms with Gasteiger partial charge in [0.1, 0.15) is 18.5 Å². The van der Waals surface area contributed by atoms with Crippen LogP contribution in [0.15, 0.2) is 48.5 Å². The van der Waals surface area contributed by atoms with Crippen molar-refractivity contribution < 1.29 is 27.8 Å². The van der Waals surface area contributed by atoms with E-state index in [1.807, 2.05) is 18.4 Å². The van der Waals surface area contributed by atoms with Crippen molar-refractivity contribution in [3.8, 4) is 5.75 Å². The molecular formula is C19H20F3NO3S. The number of benzene rings is 2. The largest absolute Gasteiger partial charge is 0.491 e. The first kappa shape index (κ1) is 21.1. The first-order valence-electron chi connectivity index (χ1n) is 8.14. The number of thioether (sulfide) groups is 1. The molecule has 0 aliphatic carbocycles. The lowest BCUT2D eigenvalue weighted by molar-refractivity contribution is -0.137. The summed E-state index contributed by atoms with van der Waals surface area (Å²) in [6.45, 7) is -0.190. The highest BCUT2D eigenvalue weighted by atomic mass is 32.2. The molecule has 8 heteroatoms. The highest BCUT2D eigenvalue weighted by molar-refractivity contribution is 7.97. The fraction of sp³-hybridized carbons (Fsp3) is 0.316. The Morgan fingerprint density at radius 3 is 2.33 bits per heavy atom. The van der Waals surface area contributed by atoms with E-state index in [1.54, 1.807) is 23.9 Å². The zero-order valence-electron chi connectivity index (χ0n) is 14.6. The van der Waals surface area contributed by atoms with Gasteiger partial charge in [0.15, 0.2) is 0 Å². The molecule has 0 saturated heterocycles. The number of amides is 1. The third kappa shape index (κ3) is 6.80. The molecule has 1 atom stereocenters. The summed E-state index contributed by atoms with van der Waals surface area (Å²) >= 11 is 1.69. The van der Waals surface area contributed by atoms with Crippen molar-refractivity contribution in [2.24, 2.45) is 0 Å². The number of hydrogen-bond acceptors (Lipinski definition) is 4. The molecule has 0 aromatic heterocycles. The molecule has 2 aromatic rings. The molecule has 2 aromatic carbocycles. The van der Waals surface area contributed by atoms with Crippen molar-refractivity contribution in [3.05, 3.63) is 65.2 Å². The van der Waals surface area contributed by atoms with Crippen LogP contribution in [0, 0.1) is 0 Å². The van der Waals surface area contributed by atoms with Gasteiger partial charge in [-0.3, -0.25) is 4.79 Å². The molecule has 2 rings (SSSR count). The fourth-order valence-corrected chi connectivity index (χ4v) is 2.75. The molecular weight excluding hydrogens is 379 g/mol. The summed E-state index contributed by atoms with van der Waals surface area (Å²) in [5.74, 6) is 0.749. The second-order valence-electron chi connectivity index (χ2n) is 5.83. The molecule has 1 unspecified atom stereocenters. The van der Waals surface area contributed by atoms with Crippen molar-refractivity contribution in [2.75, 3.05) is 19.4 Å². The summed E-state index contributed by atoms with van der Waals surface area (Å²) < 4.78 is 42.7. The second kappa shape index (κ2) is 9.66. The maximum absolute atomic E-state index is 12.5. The first-order chi connectivity index (χ1) is 12.8.